The Hall–Kier alpha value is -2.81. The number of nitrogens with one attached hydrogen (secondary N) is 1. The van der Waals surface area contributed by atoms with Gasteiger partial charge in [0, 0.05) is 24.3 Å². The predicted octanol–water partition coefficient (Wildman–Crippen LogP) is 3.94. The van der Waals surface area contributed by atoms with Crippen LogP contribution in [-0.2, 0) is 6.18 Å². The lowest BCUT2D eigenvalue weighted by molar-refractivity contribution is -0.137. The maximum atomic E-state index is 12.9. The molecule has 0 aliphatic carbocycles. The Morgan fingerprint density at radius 2 is 2.00 bits per heavy atom. The fourth-order valence-electron chi connectivity index (χ4n) is 3.85. The third kappa shape index (κ3) is 3.74. The quantitative estimate of drug-likeness (QED) is 0.691. The summed E-state index contributed by atoms with van der Waals surface area (Å²) in [6.45, 7) is 3.85. The van der Waals surface area contributed by atoms with Crippen LogP contribution in [0.25, 0.3) is 16.8 Å². The number of phenols is 1. The monoisotopic (exact) mass is 405 g/mol. The lowest BCUT2D eigenvalue weighted by Crippen LogP contribution is -2.40. The zero-order valence-electron chi connectivity index (χ0n) is 16.2. The van der Waals surface area contributed by atoms with E-state index in [-0.39, 0.29) is 11.6 Å². The van der Waals surface area contributed by atoms with E-state index in [2.05, 4.69) is 27.5 Å². The number of nitrogens with zero attached hydrogens (tertiary/aromatic N) is 4. The molecule has 0 radical (unpaired) electrons. The van der Waals surface area contributed by atoms with Crippen LogP contribution in [0.1, 0.15) is 24.0 Å². The first-order valence-corrected chi connectivity index (χ1v) is 9.44. The number of hydrogen-bond acceptors (Lipinski definition) is 5. The average Bonchev–Trinajstić information content (AvgIpc) is 3.04. The van der Waals surface area contributed by atoms with E-state index in [1.165, 1.54) is 6.07 Å². The van der Waals surface area contributed by atoms with Gasteiger partial charge in [-0.2, -0.15) is 13.2 Å². The number of alkyl halides is 3. The molecule has 1 fully saturated rings. The molecule has 4 rings (SSSR count). The summed E-state index contributed by atoms with van der Waals surface area (Å²) in [4.78, 5) is 2.25. The summed E-state index contributed by atoms with van der Waals surface area (Å²) in [5, 5.41) is 22.2. The van der Waals surface area contributed by atoms with Gasteiger partial charge in [-0.1, -0.05) is 0 Å². The molecule has 9 heteroatoms. The Morgan fingerprint density at radius 1 is 1.21 bits per heavy atom. The number of benzene rings is 1. The number of halogens is 3. The molecule has 6 nitrogen and oxygen atoms in total. The smallest absolute Gasteiger partial charge is 0.416 e. The summed E-state index contributed by atoms with van der Waals surface area (Å²) < 4.78 is 40.6. The standard InChI is InChI=1S/C20H22F3N5O/c1-12-7-9-28-18(12)17(15-6-5-13(10-16(15)29)20(21,22)23)25-26-19(28)24-14-4-3-8-27(2)11-14/h5-7,9-10,14,29H,3-4,8,11H2,1-2H3,(H,24,26). The molecule has 3 aromatic rings. The van der Waals surface area contributed by atoms with Gasteiger partial charge in [-0.25, -0.2) is 0 Å². The maximum Gasteiger partial charge on any atom is 0.416 e. The summed E-state index contributed by atoms with van der Waals surface area (Å²) in [5.41, 5.74) is 1.22. The first-order chi connectivity index (χ1) is 13.7. The Labute approximate surface area is 166 Å². The van der Waals surface area contributed by atoms with Crippen molar-refractivity contribution >= 4 is 11.5 Å². The fourth-order valence-corrected chi connectivity index (χ4v) is 3.85. The molecule has 2 N–H and O–H groups in total. The van der Waals surface area contributed by atoms with Gasteiger partial charge in [0.25, 0.3) is 0 Å². The molecule has 1 aliphatic heterocycles. The molecule has 0 amide bonds. The van der Waals surface area contributed by atoms with Gasteiger partial charge in [0.1, 0.15) is 11.4 Å². The first-order valence-electron chi connectivity index (χ1n) is 9.44. The average molecular weight is 405 g/mol. The highest BCUT2D eigenvalue weighted by Gasteiger charge is 2.31. The van der Waals surface area contributed by atoms with Crippen LogP contribution in [0.15, 0.2) is 30.5 Å². The van der Waals surface area contributed by atoms with Crippen molar-refractivity contribution in [2.24, 2.45) is 0 Å². The summed E-state index contributed by atoms with van der Waals surface area (Å²) in [5.74, 6) is 0.0924. The highest BCUT2D eigenvalue weighted by atomic mass is 19.4. The molecule has 154 valence electrons. The topological polar surface area (TPSA) is 65.7 Å². The Morgan fingerprint density at radius 3 is 2.69 bits per heavy atom. The van der Waals surface area contributed by atoms with Crippen molar-refractivity contribution in [2.75, 3.05) is 25.5 Å². The Bertz CT molecular complexity index is 1050. The molecule has 0 spiro atoms. The molecule has 1 saturated heterocycles. The van der Waals surface area contributed by atoms with Gasteiger partial charge in [0.05, 0.1) is 11.1 Å². The fraction of sp³-hybridized carbons (Fsp3) is 0.400. The van der Waals surface area contributed by atoms with Gasteiger partial charge >= 0.3 is 6.18 Å². The number of hydrogen-bond donors (Lipinski definition) is 2. The van der Waals surface area contributed by atoms with Gasteiger partial charge in [-0.15, -0.1) is 10.2 Å². The number of aromatic hydroxyl groups is 1. The van der Waals surface area contributed by atoms with E-state index >= 15 is 0 Å². The van der Waals surface area contributed by atoms with E-state index in [1.807, 2.05) is 23.6 Å². The van der Waals surface area contributed by atoms with Crippen LogP contribution in [0.3, 0.4) is 0 Å². The van der Waals surface area contributed by atoms with E-state index in [0.717, 1.165) is 43.6 Å². The van der Waals surface area contributed by atoms with Crippen molar-refractivity contribution in [3.05, 3.63) is 41.6 Å². The minimum absolute atomic E-state index is 0.209. The van der Waals surface area contributed by atoms with Gasteiger partial charge < -0.3 is 15.3 Å². The Balaban J connectivity index is 1.75. The molecule has 3 heterocycles. The molecule has 1 aliphatic rings. The van der Waals surface area contributed by atoms with Crippen molar-refractivity contribution in [2.45, 2.75) is 32.0 Å². The molecule has 2 aromatic heterocycles. The first kappa shape index (κ1) is 19.5. The minimum atomic E-state index is -4.52. The molecule has 29 heavy (non-hydrogen) atoms. The number of rotatable bonds is 3. The second-order valence-corrected chi connectivity index (χ2v) is 7.56. The third-order valence-corrected chi connectivity index (χ3v) is 5.32. The predicted molar refractivity (Wildman–Crippen MR) is 104 cm³/mol. The van der Waals surface area contributed by atoms with Crippen molar-refractivity contribution < 1.29 is 18.3 Å². The second-order valence-electron chi connectivity index (χ2n) is 7.56. The third-order valence-electron chi connectivity index (χ3n) is 5.32. The van der Waals surface area contributed by atoms with E-state index in [4.69, 9.17) is 0 Å². The summed E-state index contributed by atoms with van der Waals surface area (Å²) >= 11 is 0. The van der Waals surface area contributed by atoms with Crippen molar-refractivity contribution in [3.63, 3.8) is 0 Å². The van der Waals surface area contributed by atoms with Crippen molar-refractivity contribution in [1.29, 1.82) is 0 Å². The van der Waals surface area contributed by atoms with Crippen molar-refractivity contribution in [1.82, 2.24) is 19.5 Å². The van der Waals surface area contributed by atoms with Crippen LogP contribution >= 0.6 is 0 Å². The molecule has 0 bridgehead atoms. The minimum Gasteiger partial charge on any atom is -0.507 e. The van der Waals surface area contributed by atoms with Gasteiger partial charge in [0.15, 0.2) is 0 Å². The highest BCUT2D eigenvalue weighted by molar-refractivity contribution is 5.83. The lowest BCUT2D eigenvalue weighted by atomic mass is 10.1. The van der Waals surface area contributed by atoms with Crippen LogP contribution in [0, 0.1) is 6.92 Å². The number of phenolic OH excluding ortho intramolecular Hbond substituents is 1. The number of piperidine rings is 1. The summed E-state index contributed by atoms with van der Waals surface area (Å²) in [6.07, 6.45) is -0.566. The number of likely N-dealkylation sites (tertiary alicyclic amines) is 1. The van der Waals surface area contributed by atoms with Gasteiger partial charge in [-0.05, 0) is 63.2 Å². The number of aromatic nitrogens is 3. The lowest BCUT2D eigenvalue weighted by Gasteiger charge is -2.30. The number of fused-ring (bicyclic) bond motifs is 1. The van der Waals surface area contributed by atoms with E-state index in [9.17, 15) is 18.3 Å². The normalized spacial score (nSPS) is 18.3. The molecule has 1 unspecified atom stereocenters. The molecule has 1 atom stereocenters. The van der Waals surface area contributed by atoms with Gasteiger partial charge in [0.2, 0.25) is 5.95 Å². The van der Waals surface area contributed by atoms with E-state index < -0.39 is 17.5 Å². The number of aryl methyl sites for hydroxylation is 1. The zero-order chi connectivity index (χ0) is 20.8. The molecule has 1 aromatic carbocycles. The summed E-state index contributed by atoms with van der Waals surface area (Å²) in [6, 6.07) is 5.02. The highest BCUT2D eigenvalue weighted by Crippen LogP contribution is 2.38. The summed E-state index contributed by atoms with van der Waals surface area (Å²) in [7, 11) is 2.07. The van der Waals surface area contributed by atoms with E-state index in [0.29, 0.717) is 17.2 Å². The van der Waals surface area contributed by atoms with Crippen LogP contribution in [0.2, 0.25) is 0 Å². The van der Waals surface area contributed by atoms with Crippen LogP contribution in [-0.4, -0.2) is 50.8 Å². The SMILES string of the molecule is Cc1ccn2c(NC3CCCN(C)C3)nnc(-c3ccc(C(F)(F)F)cc3O)c12. The van der Waals surface area contributed by atoms with Crippen LogP contribution in [0.5, 0.6) is 5.75 Å². The molecular formula is C20H22F3N5O. The maximum absolute atomic E-state index is 12.9. The largest absolute Gasteiger partial charge is 0.507 e. The Kier molecular flexibility index (Phi) is 4.85. The number of likely N-dealkylation sites (N-methyl/N-ethyl adjacent to an activating group) is 1. The second kappa shape index (κ2) is 7.22. The van der Waals surface area contributed by atoms with Crippen LogP contribution in [0.4, 0.5) is 19.1 Å². The van der Waals surface area contributed by atoms with Gasteiger partial charge in [-0.3, -0.25) is 4.40 Å². The van der Waals surface area contributed by atoms with Crippen LogP contribution < -0.4 is 5.32 Å². The molecular weight excluding hydrogens is 383 g/mol. The van der Waals surface area contributed by atoms with E-state index in [1.54, 1.807) is 0 Å². The zero-order valence-corrected chi connectivity index (χ0v) is 16.2. The molecule has 0 saturated carbocycles. The van der Waals surface area contributed by atoms with Crippen molar-refractivity contribution in [3.8, 4) is 17.0 Å². The number of anilines is 1.